The van der Waals surface area contributed by atoms with E-state index in [9.17, 15) is 16.8 Å². The highest BCUT2D eigenvalue weighted by atomic mass is 32.2. The van der Waals surface area contributed by atoms with Crippen molar-refractivity contribution in [3.63, 3.8) is 0 Å². The molecule has 0 aromatic carbocycles. The van der Waals surface area contributed by atoms with Crippen molar-refractivity contribution in [1.29, 1.82) is 0 Å². The Balaban J connectivity index is 2.41. The fraction of sp³-hybridized carbons (Fsp3) is 0.667. The lowest BCUT2D eigenvalue weighted by atomic mass is 10.0. The summed E-state index contributed by atoms with van der Waals surface area (Å²) in [6, 6.07) is 0. The summed E-state index contributed by atoms with van der Waals surface area (Å²) in [5.74, 6) is 0.496. The average molecular weight is 336 g/mol. The van der Waals surface area contributed by atoms with E-state index in [2.05, 4.69) is 4.72 Å². The first-order valence-electron chi connectivity index (χ1n) is 6.53. The molecule has 1 aromatic rings. The number of hydrogen-bond acceptors (Lipinski definition) is 6. The van der Waals surface area contributed by atoms with Gasteiger partial charge in [-0.05, 0) is 27.2 Å². The third-order valence-corrected chi connectivity index (χ3v) is 7.42. The molecule has 0 amide bonds. The Morgan fingerprint density at radius 1 is 1.33 bits per heavy atom. The topological polar surface area (TPSA) is 119 Å². The second-order valence-electron chi connectivity index (χ2n) is 5.73. The molecule has 1 unspecified atom stereocenters. The minimum absolute atomic E-state index is 0.0147. The van der Waals surface area contributed by atoms with Crippen LogP contribution in [0, 0.1) is 13.8 Å². The Morgan fingerprint density at radius 3 is 2.43 bits per heavy atom. The molecule has 1 atom stereocenters. The van der Waals surface area contributed by atoms with Gasteiger partial charge in [-0.3, -0.25) is 0 Å². The van der Waals surface area contributed by atoms with Gasteiger partial charge in [-0.15, -0.1) is 0 Å². The highest BCUT2D eigenvalue weighted by Gasteiger charge is 2.42. The van der Waals surface area contributed by atoms with E-state index in [-0.39, 0.29) is 35.1 Å². The van der Waals surface area contributed by atoms with Crippen LogP contribution in [0.4, 0.5) is 0 Å². The van der Waals surface area contributed by atoms with Gasteiger partial charge in [0.1, 0.15) is 16.4 Å². The Hall–Kier alpha value is -0.900. The van der Waals surface area contributed by atoms with E-state index in [0.29, 0.717) is 11.3 Å². The van der Waals surface area contributed by atoms with Gasteiger partial charge in [0.15, 0.2) is 9.84 Å². The van der Waals surface area contributed by atoms with E-state index in [4.69, 9.17) is 10.2 Å². The lowest BCUT2D eigenvalue weighted by Gasteiger charge is -2.23. The van der Waals surface area contributed by atoms with Gasteiger partial charge in [-0.25, -0.2) is 21.6 Å². The van der Waals surface area contributed by atoms with Crippen LogP contribution < -0.4 is 10.5 Å². The molecule has 1 fully saturated rings. The molecule has 0 radical (unpaired) electrons. The molecule has 1 aliphatic rings. The molecule has 1 saturated heterocycles. The second-order valence-corrected chi connectivity index (χ2v) is 9.54. The molecule has 2 heterocycles. The van der Waals surface area contributed by atoms with Crippen LogP contribution >= 0.6 is 0 Å². The predicted molar refractivity (Wildman–Crippen MR) is 78.1 cm³/mol. The van der Waals surface area contributed by atoms with E-state index in [1.807, 2.05) is 0 Å². The fourth-order valence-corrected chi connectivity index (χ4v) is 6.85. The maximum Gasteiger partial charge on any atom is 0.244 e. The SMILES string of the molecule is Cc1oc(C)c(S(=O)(=O)NC2(C)CCS(=O)(=O)C2)c1CN. The second kappa shape index (κ2) is 5.08. The maximum atomic E-state index is 12.6. The standard InChI is InChI=1S/C12H20N2O5S2/c1-8-10(6-13)11(9(2)19-8)21(17,18)14-12(3)4-5-20(15,16)7-12/h14H,4-7,13H2,1-3H3. The summed E-state index contributed by atoms with van der Waals surface area (Å²) >= 11 is 0. The maximum absolute atomic E-state index is 12.6. The number of nitrogens with one attached hydrogen (secondary N) is 1. The van der Waals surface area contributed by atoms with Crippen molar-refractivity contribution in [2.75, 3.05) is 11.5 Å². The molecule has 3 N–H and O–H groups in total. The number of sulfone groups is 1. The largest absolute Gasteiger partial charge is 0.465 e. The highest BCUT2D eigenvalue weighted by Crippen LogP contribution is 2.30. The molecule has 9 heteroatoms. The van der Waals surface area contributed by atoms with Crippen molar-refractivity contribution in [2.45, 2.75) is 44.2 Å². The van der Waals surface area contributed by atoms with E-state index < -0.39 is 25.4 Å². The molecule has 2 rings (SSSR count). The molecule has 0 aliphatic carbocycles. The first kappa shape index (κ1) is 16.5. The lowest BCUT2D eigenvalue weighted by molar-refractivity contribution is 0.458. The van der Waals surface area contributed by atoms with Crippen molar-refractivity contribution in [2.24, 2.45) is 5.73 Å². The molecule has 120 valence electrons. The first-order valence-corrected chi connectivity index (χ1v) is 9.83. The molecule has 7 nitrogen and oxygen atoms in total. The molecule has 0 saturated carbocycles. The van der Waals surface area contributed by atoms with Crippen LogP contribution in [0.3, 0.4) is 0 Å². The number of nitrogens with two attached hydrogens (primary N) is 1. The predicted octanol–water partition coefficient (Wildman–Crippen LogP) is 0.211. The molecule has 1 aromatic heterocycles. The molecule has 1 aliphatic heterocycles. The zero-order chi connectivity index (χ0) is 16.1. The van der Waals surface area contributed by atoms with Crippen LogP contribution in [0.15, 0.2) is 9.31 Å². The van der Waals surface area contributed by atoms with Crippen LogP contribution in [0.5, 0.6) is 0 Å². The number of furan rings is 1. The number of sulfonamides is 1. The summed E-state index contributed by atoms with van der Waals surface area (Å²) in [6.07, 6.45) is 0.252. The normalized spacial score (nSPS) is 25.3. The summed E-state index contributed by atoms with van der Waals surface area (Å²) in [6.45, 7) is 4.83. The number of rotatable bonds is 4. The monoisotopic (exact) mass is 336 g/mol. The van der Waals surface area contributed by atoms with E-state index in [1.165, 1.54) is 0 Å². The van der Waals surface area contributed by atoms with Gasteiger partial charge in [0, 0.05) is 17.6 Å². The smallest absolute Gasteiger partial charge is 0.244 e. The summed E-state index contributed by atoms with van der Waals surface area (Å²) < 4.78 is 56.2. The minimum atomic E-state index is -3.89. The van der Waals surface area contributed by atoms with Crippen molar-refractivity contribution < 1.29 is 21.3 Å². The van der Waals surface area contributed by atoms with Gasteiger partial charge < -0.3 is 10.2 Å². The van der Waals surface area contributed by atoms with Gasteiger partial charge >= 0.3 is 0 Å². The van der Waals surface area contributed by atoms with E-state index in [0.717, 1.165) is 0 Å². The van der Waals surface area contributed by atoms with Crippen LogP contribution in [-0.2, 0) is 26.4 Å². The molecular formula is C12H20N2O5S2. The summed E-state index contributed by atoms with van der Waals surface area (Å²) in [7, 11) is -7.10. The number of aryl methyl sites for hydroxylation is 2. The summed E-state index contributed by atoms with van der Waals surface area (Å²) in [5.41, 5.74) is 5.02. The molecular weight excluding hydrogens is 316 g/mol. The molecule has 21 heavy (non-hydrogen) atoms. The average Bonchev–Trinajstić information content (AvgIpc) is 2.74. The van der Waals surface area contributed by atoms with Crippen molar-refractivity contribution >= 4 is 19.9 Å². The van der Waals surface area contributed by atoms with Gasteiger partial charge in [0.05, 0.1) is 11.5 Å². The van der Waals surface area contributed by atoms with Crippen molar-refractivity contribution in [1.82, 2.24) is 4.72 Å². The van der Waals surface area contributed by atoms with Crippen molar-refractivity contribution in [3.8, 4) is 0 Å². The van der Waals surface area contributed by atoms with Crippen LogP contribution in [0.25, 0.3) is 0 Å². The van der Waals surface area contributed by atoms with Crippen LogP contribution in [0.1, 0.15) is 30.4 Å². The Bertz CT molecular complexity index is 764. The zero-order valence-corrected chi connectivity index (χ0v) is 13.9. The fourth-order valence-electron chi connectivity index (χ4n) is 2.76. The Labute approximate surface area is 124 Å². The van der Waals surface area contributed by atoms with Gasteiger partial charge in [0.2, 0.25) is 10.0 Å². The molecule has 0 bridgehead atoms. The van der Waals surface area contributed by atoms with Crippen molar-refractivity contribution in [3.05, 3.63) is 17.1 Å². The van der Waals surface area contributed by atoms with Crippen LogP contribution in [-0.4, -0.2) is 33.9 Å². The van der Waals surface area contributed by atoms with Gasteiger partial charge in [-0.2, -0.15) is 0 Å². The highest BCUT2D eigenvalue weighted by molar-refractivity contribution is 7.92. The van der Waals surface area contributed by atoms with E-state index in [1.54, 1.807) is 20.8 Å². The van der Waals surface area contributed by atoms with E-state index >= 15 is 0 Å². The lowest BCUT2D eigenvalue weighted by Crippen LogP contribution is -2.47. The summed E-state index contributed by atoms with van der Waals surface area (Å²) in [4.78, 5) is 0.0213. The zero-order valence-electron chi connectivity index (χ0n) is 12.3. The Kier molecular flexibility index (Phi) is 3.98. The Morgan fingerprint density at radius 2 is 1.95 bits per heavy atom. The minimum Gasteiger partial charge on any atom is -0.465 e. The third-order valence-electron chi connectivity index (χ3n) is 3.68. The summed E-state index contributed by atoms with van der Waals surface area (Å²) in [5, 5.41) is 0. The first-order chi connectivity index (χ1) is 9.50. The molecule has 0 spiro atoms. The third kappa shape index (κ3) is 3.15. The van der Waals surface area contributed by atoms with Gasteiger partial charge in [-0.1, -0.05) is 0 Å². The van der Waals surface area contributed by atoms with Crippen LogP contribution in [0.2, 0.25) is 0 Å². The van der Waals surface area contributed by atoms with Gasteiger partial charge in [0.25, 0.3) is 0 Å². The quantitative estimate of drug-likeness (QED) is 0.811. The number of hydrogen-bond donors (Lipinski definition) is 2.